The molecule has 0 aliphatic rings. The van der Waals surface area contributed by atoms with Gasteiger partial charge in [0.1, 0.15) is 19.3 Å². The van der Waals surface area contributed by atoms with Crippen molar-refractivity contribution in [2.24, 2.45) is 5.16 Å². The molecule has 1 heterocycles. The van der Waals surface area contributed by atoms with Crippen LogP contribution in [-0.4, -0.2) is 50.2 Å². The molecule has 0 saturated heterocycles. The van der Waals surface area contributed by atoms with Crippen LogP contribution in [0, 0.1) is 0 Å². The van der Waals surface area contributed by atoms with E-state index in [4.69, 9.17) is 15.6 Å². The number of carboxylic acid groups (broad SMARTS) is 1. The van der Waals surface area contributed by atoms with Crippen LogP contribution in [0.5, 0.6) is 0 Å². The second-order valence-electron chi connectivity index (χ2n) is 4.97. The van der Waals surface area contributed by atoms with Crippen LogP contribution < -0.4 is 5.73 Å². The van der Waals surface area contributed by atoms with Gasteiger partial charge < -0.3 is 20.4 Å². The van der Waals surface area contributed by atoms with E-state index in [1.165, 1.54) is 7.11 Å². The Morgan fingerprint density at radius 1 is 1.43 bits per heavy atom. The van der Waals surface area contributed by atoms with Crippen LogP contribution in [0.15, 0.2) is 5.16 Å². The third-order valence-corrected chi connectivity index (χ3v) is 2.00. The first-order valence-corrected chi connectivity index (χ1v) is 5.91. The minimum absolute atomic E-state index is 0.138. The summed E-state index contributed by atoms with van der Waals surface area (Å²) < 4.78 is 6.13. The molecular weight excluding hydrogens is 282 g/mol. The van der Waals surface area contributed by atoms with Crippen molar-refractivity contribution in [1.29, 1.82) is 0 Å². The van der Waals surface area contributed by atoms with Crippen LogP contribution in [-0.2, 0) is 25.7 Å². The van der Waals surface area contributed by atoms with E-state index >= 15 is 0 Å². The molecule has 21 heavy (non-hydrogen) atoms. The highest BCUT2D eigenvalue weighted by atomic mass is 16.6. The molecule has 0 fully saturated rings. The number of esters is 1. The lowest BCUT2D eigenvalue weighted by molar-refractivity contribution is -0.155. The monoisotopic (exact) mass is 299 g/mol. The van der Waals surface area contributed by atoms with Gasteiger partial charge >= 0.3 is 11.9 Å². The van der Waals surface area contributed by atoms with E-state index in [2.05, 4.69) is 20.1 Å². The summed E-state index contributed by atoms with van der Waals surface area (Å²) >= 11 is 0. The minimum atomic E-state index is -1.38. The largest absolute Gasteiger partial charge is 0.476 e. The standard InChI is InChI=1S/C11H17N5O5/c1-11(2,3)21-6(17)5-16-10(12)13-8(14-16)7(9(18)19)15-20-4/h5H2,1-4H3,(H,18,19)(H2,12,13,14)/b15-7-. The summed E-state index contributed by atoms with van der Waals surface area (Å²) in [5.41, 5.74) is 4.41. The average Bonchev–Trinajstić information content (AvgIpc) is 2.64. The summed E-state index contributed by atoms with van der Waals surface area (Å²) in [4.78, 5) is 30.8. The summed E-state index contributed by atoms with van der Waals surface area (Å²) in [6.07, 6.45) is 0. The Bertz CT molecular complexity index is 572. The van der Waals surface area contributed by atoms with Gasteiger partial charge in [-0.1, -0.05) is 5.16 Å². The number of aliphatic carboxylic acids is 1. The molecule has 1 aromatic rings. The number of carbonyl (C=O) groups excluding carboxylic acids is 1. The number of hydrogen-bond acceptors (Lipinski definition) is 8. The van der Waals surface area contributed by atoms with Crippen molar-refractivity contribution < 1.29 is 24.3 Å². The predicted octanol–water partition coefficient (Wildman–Crippen LogP) is -0.363. The smallest absolute Gasteiger partial charge is 0.362 e. The Balaban J connectivity index is 2.95. The van der Waals surface area contributed by atoms with Crippen LogP contribution in [0.25, 0.3) is 0 Å². The molecule has 116 valence electrons. The fourth-order valence-corrected chi connectivity index (χ4v) is 1.33. The van der Waals surface area contributed by atoms with Gasteiger partial charge in [-0.3, -0.25) is 4.79 Å². The van der Waals surface area contributed by atoms with Crippen LogP contribution in [0.1, 0.15) is 26.6 Å². The van der Waals surface area contributed by atoms with E-state index in [9.17, 15) is 9.59 Å². The second kappa shape index (κ2) is 6.20. The third kappa shape index (κ3) is 4.75. The molecule has 10 heteroatoms. The molecule has 1 aromatic heterocycles. The van der Waals surface area contributed by atoms with Gasteiger partial charge in [-0.2, -0.15) is 4.98 Å². The predicted molar refractivity (Wildman–Crippen MR) is 71.5 cm³/mol. The molecule has 0 bridgehead atoms. The number of rotatable bonds is 5. The molecule has 0 aliphatic carbocycles. The topological polar surface area (TPSA) is 142 Å². The van der Waals surface area contributed by atoms with Crippen molar-refractivity contribution in [1.82, 2.24) is 14.8 Å². The van der Waals surface area contributed by atoms with Crippen molar-refractivity contribution in [3.05, 3.63) is 5.82 Å². The molecule has 0 amide bonds. The van der Waals surface area contributed by atoms with E-state index in [0.717, 1.165) is 4.68 Å². The molecule has 0 spiro atoms. The molecule has 0 aliphatic heterocycles. The average molecular weight is 299 g/mol. The molecule has 0 saturated carbocycles. The highest BCUT2D eigenvalue weighted by Crippen LogP contribution is 2.09. The van der Waals surface area contributed by atoms with Gasteiger partial charge in [0.2, 0.25) is 17.5 Å². The highest BCUT2D eigenvalue weighted by molar-refractivity contribution is 6.41. The Kier molecular flexibility index (Phi) is 4.84. The van der Waals surface area contributed by atoms with Gasteiger partial charge in [-0.15, -0.1) is 5.10 Å². The minimum Gasteiger partial charge on any atom is -0.476 e. The van der Waals surface area contributed by atoms with Crippen molar-refractivity contribution in [2.45, 2.75) is 32.9 Å². The maximum Gasteiger partial charge on any atom is 0.362 e. The normalized spacial score (nSPS) is 12.1. The lowest BCUT2D eigenvalue weighted by atomic mass is 10.2. The van der Waals surface area contributed by atoms with Gasteiger partial charge in [0.25, 0.3) is 0 Å². The first kappa shape index (κ1) is 16.4. The zero-order valence-corrected chi connectivity index (χ0v) is 12.2. The van der Waals surface area contributed by atoms with E-state index in [1.807, 2.05) is 0 Å². The van der Waals surface area contributed by atoms with Crippen molar-refractivity contribution in [2.75, 3.05) is 12.8 Å². The second-order valence-corrected chi connectivity index (χ2v) is 4.97. The summed E-state index contributed by atoms with van der Waals surface area (Å²) in [5.74, 6) is -2.36. The summed E-state index contributed by atoms with van der Waals surface area (Å²) in [7, 11) is 1.18. The molecule has 0 radical (unpaired) electrons. The fraction of sp³-hybridized carbons (Fsp3) is 0.545. The number of anilines is 1. The maximum absolute atomic E-state index is 11.7. The van der Waals surface area contributed by atoms with Crippen LogP contribution >= 0.6 is 0 Å². The zero-order valence-electron chi connectivity index (χ0n) is 12.2. The molecule has 0 unspecified atom stereocenters. The number of nitrogens with zero attached hydrogens (tertiary/aromatic N) is 4. The van der Waals surface area contributed by atoms with Gasteiger partial charge in [0, 0.05) is 0 Å². The quantitative estimate of drug-likeness (QED) is 0.426. The van der Waals surface area contributed by atoms with Crippen molar-refractivity contribution >= 4 is 23.6 Å². The first-order valence-electron chi connectivity index (χ1n) is 5.91. The lowest BCUT2D eigenvalue weighted by Gasteiger charge is -2.19. The number of hydrogen-bond donors (Lipinski definition) is 2. The summed E-state index contributed by atoms with van der Waals surface area (Å²) in [6, 6.07) is 0. The number of nitrogen functional groups attached to an aromatic ring is 1. The van der Waals surface area contributed by atoms with Crippen molar-refractivity contribution in [3.8, 4) is 0 Å². The van der Waals surface area contributed by atoms with Crippen LogP contribution in [0.3, 0.4) is 0 Å². The number of oxime groups is 1. The Labute approximate surface area is 120 Å². The van der Waals surface area contributed by atoms with Gasteiger partial charge in [0.15, 0.2) is 0 Å². The molecule has 10 nitrogen and oxygen atoms in total. The Hall–Kier alpha value is -2.65. The maximum atomic E-state index is 11.7. The molecular formula is C11H17N5O5. The Morgan fingerprint density at radius 2 is 2.05 bits per heavy atom. The fourth-order valence-electron chi connectivity index (χ4n) is 1.33. The van der Waals surface area contributed by atoms with E-state index in [0.29, 0.717) is 0 Å². The number of ether oxygens (including phenoxy) is 1. The number of carbonyl (C=O) groups is 2. The first-order chi connectivity index (χ1) is 9.64. The lowest BCUT2D eigenvalue weighted by Crippen LogP contribution is -2.27. The van der Waals surface area contributed by atoms with Gasteiger partial charge in [-0.25, -0.2) is 9.48 Å². The van der Waals surface area contributed by atoms with Gasteiger partial charge in [0.05, 0.1) is 0 Å². The van der Waals surface area contributed by atoms with E-state index in [-0.39, 0.29) is 18.3 Å². The van der Waals surface area contributed by atoms with E-state index < -0.39 is 23.3 Å². The van der Waals surface area contributed by atoms with Crippen molar-refractivity contribution in [3.63, 3.8) is 0 Å². The highest BCUT2D eigenvalue weighted by Gasteiger charge is 2.23. The number of aromatic nitrogens is 3. The molecule has 1 rings (SSSR count). The van der Waals surface area contributed by atoms with Crippen LogP contribution in [0.2, 0.25) is 0 Å². The van der Waals surface area contributed by atoms with Gasteiger partial charge in [-0.05, 0) is 20.8 Å². The Morgan fingerprint density at radius 3 is 2.52 bits per heavy atom. The number of carboxylic acids is 1. The van der Waals surface area contributed by atoms with Crippen LogP contribution in [0.4, 0.5) is 5.95 Å². The molecule has 3 N–H and O–H groups in total. The zero-order chi connectivity index (χ0) is 16.2. The van der Waals surface area contributed by atoms with E-state index in [1.54, 1.807) is 20.8 Å². The third-order valence-electron chi connectivity index (χ3n) is 2.00. The molecule has 0 aromatic carbocycles. The summed E-state index contributed by atoms with van der Waals surface area (Å²) in [5, 5.41) is 16.1. The number of nitrogens with two attached hydrogens (primary N) is 1. The SMILES string of the molecule is CO/N=C(\C(=O)O)c1nc(N)n(CC(=O)OC(C)(C)C)n1. The molecule has 0 atom stereocenters. The summed E-state index contributed by atoms with van der Waals surface area (Å²) in [6.45, 7) is 4.86.